The number of hydrogen-bond donors (Lipinski definition) is 2. The van der Waals surface area contributed by atoms with E-state index in [2.05, 4.69) is 15.6 Å². The van der Waals surface area contributed by atoms with Gasteiger partial charge in [-0.3, -0.25) is 14.9 Å². The van der Waals surface area contributed by atoms with Gasteiger partial charge in [0.25, 0.3) is 5.69 Å². The molecule has 2 fully saturated rings. The highest BCUT2D eigenvalue weighted by molar-refractivity contribution is 14.0. The number of non-ortho nitro benzene ring substituents is 1. The Hall–Kier alpha value is -1.95. The molecule has 3 rings (SSSR count). The first-order valence-corrected chi connectivity index (χ1v) is 11.8. The van der Waals surface area contributed by atoms with E-state index in [0.717, 1.165) is 63.8 Å². The summed E-state index contributed by atoms with van der Waals surface area (Å²) in [6.45, 7) is 4.24. The van der Waals surface area contributed by atoms with Crippen molar-refractivity contribution in [3.8, 4) is 0 Å². The van der Waals surface area contributed by atoms with Crippen LogP contribution in [0.1, 0.15) is 56.9 Å². The van der Waals surface area contributed by atoms with Gasteiger partial charge in [-0.15, -0.1) is 24.0 Å². The highest BCUT2D eigenvalue weighted by atomic mass is 127. The third-order valence-electron chi connectivity index (χ3n) is 5.91. The number of rotatable bonds is 9. The highest BCUT2D eigenvalue weighted by Crippen LogP contribution is 2.14. The molecule has 2 saturated heterocycles. The monoisotopic (exact) mass is 573 g/mol. The van der Waals surface area contributed by atoms with Gasteiger partial charge in [0.15, 0.2) is 5.96 Å². The molecule has 184 valence electrons. The maximum Gasteiger partial charge on any atom is 0.269 e. The summed E-state index contributed by atoms with van der Waals surface area (Å²) in [4.78, 5) is 29.2. The van der Waals surface area contributed by atoms with Crippen LogP contribution in [0.3, 0.4) is 0 Å². The molecule has 0 aliphatic carbocycles. The molecule has 2 aliphatic rings. The molecule has 1 amide bonds. The van der Waals surface area contributed by atoms with Crippen LogP contribution in [0, 0.1) is 10.1 Å². The average Bonchev–Trinajstić information content (AvgIpc) is 3.02. The number of benzene rings is 1. The molecule has 1 aromatic carbocycles. The lowest BCUT2D eigenvalue weighted by molar-refractivity contribution is -0.384. The molecule has 0 spiro atoms. The number of carbonyl (C=O) groups excluding carboxylic acids is 1. The smallest absolute Gasteiger partial charge is 0.269 e. The van der Waals surface area contributed by atoms with Crippen LogP contribution in [-0.4, -0.2) is 60.6 Å². The zero-order valence-corrected chi connectivity index (χ0v) is 21.5. The van der Waals surface area contributed by atoms with Gasteiger partial charge in [0.1, 0.15) is 0 Å². The number of halogens is 1. The van der Waals surface area contributed by atoms with Crippen LogP contribution in [0.2, 0.25) is 0 Å². The summed E-state index contributed by atoms with van der Waals surface area (Å²) in [5, 5.41) is 17.6. The van der Waals surface area contributed by atoms with E-state index in [1.54, 1.807) is 12.1 Å². The summed E-state index contributed by atoms with van der Waals surface area (Å²) in [5.41, 5.74) is 0.979. The number of ether oxygens (including phenoxy) is 1. The Kier molecular flexibility index (Phi) is 12.4. The van der Waals surface area contributed by atoms with Crippen molar-refractivity contribution in [2.75, 3.05) is 32.8 Å². The zero-order chi connectivity index (χ0) is 22.6. The van der Waals surface area contributed by atoms with E-state index in [4.69, 9.17) is 4.74 Å². The number of aliphatic imine (C=N–C) groups is 1. The minimum Gasteiger partial charge on any atom is -0.376 e. The van der Waals surface area contributed by atoms with Crippen molar-refractivity contribution in [2.24, 2.45) is 4.99 Å². The first kappa shape index (κ1) is 27.3. The number of hydrogen-bond acceptors (Lipinski definition) is 5. The van der Waals surface area contributed by atoms with Crippen LogP contribution in [-0.2, 0) is 16.1 Å². The van der Waals surface area contributed by atoms with Crippen molar-refractivity contribution >= 4 is 41.5 Å². The number of likely N-dealkylation sites (tertiary alicyclic amines) is 1. The topological polar surface area (TPSA) is 109 Å². The summed E-state index contributed by atoms with van der Waals surface area (Å²) < 4.78 is 5.80. The second-order valence-corrected chi connectivity index (χ2v) is 8.43. The maximum absolute atomic E-state index is 12.2. The van der Waals surface area contributed by atoms with Crippen molar-refractivity contribution in [1.82, 2.24) is 15.5 Å². The minimum atomic E-state index is -0.402. The molecule has 0 saturated carbocycles. The average molecular weight is 573 g/mol. The minimum absolute atomic E-state index is 0. The molecular weight excluding hydrogens is 537 g/mol. The third-order valence-corrected chi connectivity index (χ3v) is 5.91. The first-order valence-electron chi connectivity index (χ1n) is 11.8. The predicted octanol–water partition coefficient (Wildman–Crippen LogP) is 3.61. The molecule has 2 aliphatic heterocycles. The van der Waals surface area contributed by atoms with Crippen LogP contribution in [0.15, 0.2) is 29.3 Å². The van der Waals surface area contributed by atoms with Gasteiger partial charge in [-0.2, -0.15) is 0 Å². The van der Waals surface area contributed by atoms with Crippen LogP contribution in [0.4, 0.5) is 5.69 Å². The molecule has 10 heteroatoms. The number of nitro groups is 1. The van der Waals surface area contributed by atoms with Crippen LogP contribution in [0.5, 0.6) is 0 Å². The van der Waals surface area contributed by atoms with Crippen molar-refractivity contribution in [3.63, 3.8) is 0 Å². The van der Waals surface area contributed by atoms with E-state index >= 15 is 0 Å². The summed E-state index contributed by atoms with van der Waals surface area (Å²) >= 11 is 0. The molecular formula is C23H36IN5O4. The van der Waals surface area contributed by atoms with E-state index < -0.39 is 4.92 Å². The Labute approximate surface area is 212 Å². The third kappa shape index (κ3) is 9.83. The number of carbonyl (C=O) groups is 1. The van der Waals surface area contributed by atoms with Crippen molar-refractivity contribution in [2.45, 2.75) is 64.0 Å². The standard InChI is InChI=1S/C23H35N5O4.HI/c29-22-8-2-1-4-14-27(22)15-6-13-24-23(26-18-21-7-3-5-16-32-21)25-17-19-9-11-20(12-10-19)28(30)31;/h9-12,21H,1-8,13-18H2,(H2,24,25,26);1H. The molecule has 9 nitrogen and oxygen atoms in total. The summed E-state index contributed by atoms with van der Waals surface area (Å²) in [6, 6.07) is 6.46. The molecule has 1 atom stereocenters. The van der Waals surface area contributed by atoms with E-state index in [9.17, 15) is 14.9 Å². The summed E-state index contributed by atoms with van der Waals surface area (Å²) in [7, 11) is 0. The second-order valence-electron chi connectivity index (χ2n) is 8.43. The second kappa shape index (κ2) is 15.0. The van der Waals surface area contributed by atoms with E-state index in [-0.39, 0.29) is 41.7 Å². The lowest BCUT2D eigenvalue weighted by Gasteiger charge is -2.24. The Morgan fingerprint density at radius 3 is 2.70 bits per heavy atom. The molecule has 0 radical (unpaired) electrons. The van der Waals surface area contributed by atoms with Gasteiger partial charge in [0.2, 0.25) is 5.91 Å². The lowest BCUT2D eigenvalue weighted by Crippen LogP contribution is -2.43. The first-order chi connectivity index (χ1) is 15.6. The molecule has 2 heterocycles. The Bertz CT molecular complexity index is 769. The molecule has 0 aromatic heterocycles. The Morgan fingerprint density at radius 1 is 1.15 bits per heavy atom. The maximum atomic E-state index is 12.2. The fourth-order valence-electron chi connectivity index (χ4n) is 4.00. The van der Waals surface area contributed by atoms with Gasteiger partial charge < -0.3 is 20.3 Å². The SMILES string of the molecule is I.O=C1CCCCCN1CCCNC(=NCc1ccc([N+](=O)[O-])cc1)NCC1CCCCO1. The number of amides is 1. The number of nitrogens with zero attached hydrogens (tertiary/aromatic N) is 3. The van der Waals surface area contributed by atoms with Gasteiger partial charge in [0.05, 0.1) is 17.6 Å². The predicted molar refractivity (Wildman–Crippen MR) is 139 cm³/mol. The Balaban J connectivity index is 0.00000385. The van der Waals surface area contributed by atoms with Crippen LogP contribution >= 0.6 is 24.0 Å². The van der Waals surface area contributed by atoms with E-state index in [1.807, 2.05) is 4.90 Å². The lowest BCUT2D eigenvalue weighted by atomic mass is 10.1. The number of nitrogens with one attached hydrogen (secondary N) is 2. The molecule has 1 aromatic rings. The van der Waals surface area contributed by atoms with Crippen molar-refractivity contribution in [1.29, 1.82) is 0 Å². The van der Waals surface area contributed by atoms with Gasteiger partial charge in [-0.1, -0.05) is 18.6 Å². The molecule has 1 unspecified atom stereocenters. The van der Waals surface area contributed by atoms with Crippen molar-refractivity contribution in [3.05, 3.63) is 39.9 Å². The van der Waals surface area contributed by atoms with E-state index in [0.29, 0.717) is 32.0 Å². The van der Waals surface area contributed by atoms with E-state index in [1.165, 1.54) is 18.6 Å². The summed E-state index contributed by atoms with van der Waals surface area (Å²) in [5.74, 6) is 0.960. The van der Waals surface area contributed by atoms with Gasteiger partial charge in [0, 0.05) is 51.3 Å². The highest BCUT2D eigenvalue weighted by Gasteiger charge is 2.16. The van der Waals surface area contributed by atoms with Crippen LogP contribution < -0.4 is 10.6 Å². The largest absolute Gasteiger partial charge is 0.376 e. The quantitative estimate of drug-likeness (QED) is 0.117. The van der Waals surface area contributed by atoms with Crippen LogP contribution in [0.25, 0.3) is 0 Å². The normalized spacial score (nSPS) is 19.4. The van der Waals surface area contributed by atoms with Crippen molar-refractivity contribution < 1.29 is 14.5 Å². The fraction of sp³-hybridized carbons (Fsp3) is 0.652. The zero-order valence-electron chi connectivity index (χ0n) is 19.2. The molecule has 0 bridgehead atoms. The number of nitro benzene ring substituents is 1. The number of guanidine groups is 1. The summed E-state index contributed by atoms with van der Waals surface area (Å²) in [6.07, 6.45) is 8.26. The van der Waals surface area contributed by atoms with Gasteiger partial charge in [-0.05, 0) is 44.1 Å². The molecule has 33 heavy (non-hydrogen) atoms. The van der Waals surface area contributed by atoms with Gasteiger partial charge >= 0.3 is 0 Å². The fourth-order valence-corrected chi connectivity index (χ4v) is 4.00. The van der Waals surface area contributed by atoms with Gasteiger partial charge in [-0.25, -0.2) is 4.99 Å². The molecule has 2 N–H and O–H groups in total. The Morgan fingerprint density at radius 2 is 1.97 bits per heavy atom.